The molecule has 0 saturated heterocycles. The summed E-state index contributed by atoms with van der Waals surface area (Å²) in [4.78, 5) is 15.3. The highest BCUT2D eigenvalue weighted by atomic mass is 35.5. The topological polar surface area (TPSA) is 100 Å². The number of amides is 1. The second kappa shape index (κ2) is 9.53. The molecule has 4 aromatic rings. The Balaban J connectivity index is 1.39. The highest BCUT2D eigenvalue weighted by Crippen LogP contribution is 2.25. The zero-order valence-corrected chi connectivity index (χ0v) is 18.0. The van der Waals surface area contributed by atoms with Crippen LogP contribution in [0.4, 0.5) is 0 Å². The molecule has 1 aromatic heterocycles. The normalized spacial score (nSPS) is 10.7. The Labute approximate surface area is 189 Å². The van der Waals surface area contributed by atoms with Crippen molar-refractivity contribution in [1.29, 1.82) is 0 Å². The molecular weight excluding hydrogens is 430 g/mol. The smallest absolute Gasteiger partial charge is 0.258 e. The van der Waals surface area contributed by atoms with Gasteiger partial charge >= 0.3 is 0 Å². The van der Waals surface area contributed by atoms with Gasteiger partial charge in [0.05, 0.1) is 0 Å². The lowest BCUT2D eigenvalue weighted by Gasteiger charge is -2.08. The molecular formula is C24H20ClN3O4. The monoisotopic (exact) mass is 449 g/mol. The molecule has 0 saturated carbocycles. The van der Waals surface area contributed by atoms with Crippen LogP contribution in [-0.2, 0) is 11.4 Å². The van der Waals surface area contributed by atoms with Crippen molar-refractivity contribution >= 4 is 17.5 Å². The largest absolute Gasteiger partial charge is 0.489 e. The van der Waals surface area contributed by atoms with E-state index < -0.39 is 5.91 Å². The molecule has 0 atom stereocenters. The Morgan fingerprint density at radius 3 is 2.34 bits per heavy atom. The molecule has 0 aliphatic heterocycles. The Kier molecular flexibility index (Phi) is 6.37. The number of ether oxygens (including phenoxy) is 2. The first kappa shape index (κ1) is 21.4. The lowest BCUT2D eigenvalue weighted by Crippen LogP contribution is -2.19. The van der Waals surface area contributed by atoms with E-state index in [-0.39, 0.29) is 6.61 Å². The quantitative estimate of drug-likeness (QED) is 0.414. The molecule has 0 spiro atoms. The van der Waals surface area contributed by atoms with E-state index in [0.29, 0.717) is 29.1 Å². The predicted molar refractivity (Wildman–Crippen MR) is 120 cm³/mol. The molecule has 8 heteroatoms. The van der Waals surface area contributed by atoms with E-state index in [4.69, 9.17) is 31.3 Å². The molecule has 32 heavy (non-hydrogen) atoms. The maximum absolute atomic E-state index is 10.8. The van der Waals surface area contributed by atoms with E-state index in [0.717, 1.165) is 28.0 Å². The van der Waals surface area contributed by atoms with Crippen molar-refractivity contribution in [3.8, 4) is 34.3 Å². The van der Waals surface area contributed by atoms with Crippen molar-refractivity contribution < 1.29 is 18.8 Å². The van der Waals surface area contributed by atoms with Gasteiger partial charge in [-0.25, -0.2) is 0 Å². The van der Waals surface area contributed by atoms with Gasteiger partial charge in [0, 0.05) is 16.1 Å². The third kappa shape index (κ3) is 5.25. The van der Waals surface area contributed by atoms with Gasteiger partial charge in [0.1, 0.15) is 18.1 Å². The minimum atomic E-state index is -0.533. The number of aryl methyl sites for hydroxylation is 1. The minimum Gasteiger partial charge on any atom is -0.489 e. The van der Waals surface area contributed by atoms with Crippen LogP contribution in [0.2, 0.25) is 5.02 Å². The second-order valence-corrected chi connectivity index (χ2v) is 7.51. The Bertz CT molecular complexity index is 1220. The Morgan fingerprint density at radius 2 is 1.66 bits per heavy atom. The molecule has 0 unspecified atom stereocenters. The van der Waals surface area contributed by atoms with E-state index in [2.05, 4.69) is 10.1 Å². The highest BCUT2D eigenvalue weighted by molar-refractivity contribution is 6.31. The zero-order chi connectivity index (χ0) is 22.5. The van der Waals surface area contributed by atoms with Gasteiger partial charge in [0.25, 0.3) is 11.8 Å². The second-order valence-electron chi connectivity index (χ2n) is 7.10. The van der Waals surface area contributed by atoms with Crippen LogP contribution in [0, 0.1) is 6.92 Å². The molecule has 0 aliphatic rings. The van der Waals surface area contributed by atoms with Gasteiger partial charge in [0.2, 0.25) is 5.82 Å². The summed E-state index contributed by atoms with van der Waals surface area (Å²) in [6.07, 6.45) is 0. The molecule has 3 aromatic carbocycles. The standard InChI is InChI=1S/C24H20ClN3O4/c1-15-12-20(10-11-21(15)25)30-13-16-2-4-18(5-3-16)24-27-23(28-32-24)17-6-8-19(9-7-17)31-14-22(26)29/h2-12H,13-14H2,1H3,(H2,26,29). The molecule has 0 bridgehead atoms. The fourth-order valence-electron chi connectivity index (χ4n) is 2.93. The number of hydrogen-bond acceptors (Lipinski definition) is 6. The lowest BCUT2D eigenvalue weighted by atomic mass is 10.1. The van der Waals surface area contributed by atoms with Gasteiger partial charge in [-0.15, -0.1) is 0 Å². The number of primary amides is 1. The predicted octanol–water partition coefficient (Wildman–Crippen LogP) is 4.81. The first-order chi connectivity index (χ1) is 15.5. The summed E-state index contributed by atoms with van der Waals surface area (Å²) >= 11 is 6.05. The summed E-state index contributed by atoms with van der Waals surface area (Å²) in [5.41, 5.74) is 8.61. The summed E-state index contributed by atoms with van der Waals surface area (Å²) in [6, 6.07) is 20.3. The van der Waals surface area contributed by atoms with Crippen LogP contribution in [-0.4, -0.2) is 22.7 Å². The van der Waals surface area contributed by atoms with Crippen LogP contribution in [0.1, 0.15) is 11.1 Å². The maximum Gasteiger partial charge on any atom is 0.258 e. The van der Waals surface area contributed by atoms with E-state index in [1.54, 1.807) is 24.3 Å². The van der Waals surface area contributed by atoms with Crippen molar-refractivity contribution in [2.45, 2.75) is 13.5 Å². The van der Waals surface area contributed by atoms with Crippen LogP contribution < -0.4 is 15.2 Å². The third-order valence-electron chi connectivity index (χ3n) is 4.66. The summed E-state index contributed by atoms with van der Waals surface area (Å²) in [5.74, 6) is 1.63. The first-order valence-electron chi connectivity index (χ1n) is 9.81. The fourth-order valence-corrected chi connectivity index (χ4v) is 3.05. The van der Waals surface area contributed by atoms with E-state index in [1.807, 2.05) is 49.4 Å². The highest BCUT2D eigenvalue weighted by Gasteiger charge is 2.11. The lowest BCUT2D eigenvalue weighted by molar-refractivity contribution is -0.119. The molecule has 1 amide bonds. The molecule has 1 heterocycles. The molecule has 162 valence electrons. The van der Waals surface area contributed by atoms with Crippen molar-refractivity contribution in [3.63, 3.8) is 0 Å². The summed E-state index contributed by atoms with van der Waals surface area (Å²) in [5, 5.41) is 4.76. The number of nitrogens with zero attached hydrogens (tertiary/aromatic N) is 2. The van der Waals surface area contributed by atoms with E-state index in [9.17, 15) is 4.79 Å². The van der Waals surface area contributed by atoms with Gasteiger partial charge < -0.3 is 19.7 Å². The number of aromatic nitrogens is 2. The summed E-state index contributed by atoms with van der Waals surface area (Å²) < 4.78 is 16.5. The fraction of sp³-hybridized carbons (Fsp3) is 0.125. The Hall–Kier alpha value is -3.84. The van der Waals surface area contributed by atoms with Crippen LogP contribution in [0.25, 0.3) is 22.8 Å². The SMILES string of the molecule is Cc1cc(OCc2ccc(-c3nc(-c4ccc(OCC(N)=O)cc4)no3)cc2)ccc1Cl. The van der Waals surface area contributed by atoms with Crippen LogP contribution in [0.5, 0.6) is 11.5 Å². The zero-order valence-electron chi connectivity index (χ0n) is 17.2. The average molecular weight is 450 g/mol. The van der Waals surface area contributed by atoms with Gasteiger partial charge in [0.15, 0.2) is 6.61 Å². The number of rotatable bonds is 8. The third-order valence-corrected chi connectivity index (χ3v) is 5.08. The first-order valence-corrected chi connectivity index (χ1v) is 10.2. The van der Waals surface area contributed by atoms with Crippen LogP contribution in [0.3, 0.4) is 0 Å². The van der Waals surface area contributed by atoms with Gasteiger partial charge in [-0.05, 0) is 72.6 Å². The molecule has 0 aliphatic carbocycles. The van der Waals surface area contributed by atoms with Gasteiger partial charge in [-0.3, -0.25) is 4.79 Å². The molecule has 0 radical (unpaired) electrons. The number of carbonyl (C=O) groups is 1. The summed E-state index contributed by atoms with van der Waals surface area (Å²) in [7, 11) is 0. The maximum atomic E-state index is 10.8. The molecule has 0 fully saturated rings. The van der Waals surface area contributed by atoms with E-state index >= 15 is 0 Å². The van der Waals surface area contributed by atoms with Crippen molar-refractivity contribution in [2.24, 2.45) is 5.73 Å². The number of halogens is 1. The molecule has 4 rings (SSSR count). The van der Waals surface area contributed by atoms with Crippen molar-refractivity contribution in [2.75, 3.05) is 6.61 Å². The molecule has 7 nitrogen and oxygen atoms in total. The number of benzene rings is 3. The average Bonchev–Trinajstić information content (AvgIpc) is 3.29. The van der Waals surface area contributed by atoms with Gasteiger partial charge in [-0.2, -0.15) is 4.98 Å². The number of nitrogens with two attached hydrogens (primary N) is 1. The van der Waals surface area contributed by atoms with Crippen molar-refractivity contribution in [1.82, 2.24) is 10.1 Å². The number of carbonyl (C=O) groups excluding carboxylic acids is 1. The van der Waals surface area contributed by atoms with E-state index in [1.165, 1.54) is 0 Å². The van der Waals surface area contributed by atoms with Crippen molar-refractivity contribution in [3.05, 3.63) is 82.9 Å². The van der Waals surface area contributed by atoms with Crippen LogP contribution in [0.15, 0.2) is 71.3 Å². The molecule has 2 N–H and O–H groups in total. The summed E-state index contributed by atoms with van der Waals surface area (Å²) in [6.45, 7) is 2.20. The van der Waals surface area contributed by atoms with Crippen LogP contribution >= 0.6 is 11.6 Å². The number of hydrogen-bond donors (Lipinski definition) is 1. The minimum absolute atomic E-state index is 0.175. The Morgan fingerprint density at radius 1 is 0.969 bits per heavy atom. The van der Waals surface area contributed by atoms with Gasteiger partial charge in [-0.1, -0.05) is 28.9 Å².